The maximum Gasteiger partial charge on any atom is 0.330 e. The number of nitrogens with one attached hydrogen (secondary N) is 1. The topological polar surface area (TPSA) is 69.6 Å². The maximum atomic E-state index is 12.1. The highest BCUT2D eigenvalue weighted by atomic mass is 19.3. The molecule has 0 aliphatic carbocycles. The quantitative estimate of drug-likeness (QED) is 0.857. The molecule has 0 fully saturated rings. The van der Waals surface area contributed by atoms with Gasteiger partial charge in [0.25, 0.3) is 6.43 Å². The third-order valence-electron chi connectivity index (χ3n) is 2.41. The largest absolute Gasteiger partial charge is 0.479 e. The van der Waals surface area contributed by atoms with Crippen LogP contribution in [0.2, 0.25) is 0 Å². The summed E-state index contributed by atoms with van der Waals surface area (Å²) in [5.41, 5.74) is 0.369. The number of halogens is 2. The molecule has 1 rings (SSSR count). The molecule has 0 saturated carbocycles. The van der Waals surface area contributed by atoms with Crippen LogP contribution in [0.4, 0.5) is 13.6 Å². The Morgan fingerprint density at radius 2 is 1.89 bits per heavy atom. The summed E-state index contributed by atoms with van der Waals surface area (Å²) >= 11 is 0. The lowest BCUT2D eigenvalue weighted by Crippen LogP contribution is -2.43. The number of urea groups is 1. The second-order valence-electron chi connectivity index (χ2n) is 3.90. The number of amides is 2. The molecule has 0 radical (unpaired) electrons. The molecule has 0 spiro atoms. The number of rotatable bonds is 5. The molecule has 0 aliphatic rings. The zero-order valence-electron chi connectivity index (χ0n) is 10.2. The van der Waals surface area contributed by atoms with Crippen molar-refractivity contribution in [3.8, 4) is 0 Å². The Morgan fingerprint density at radius 3 is 2.37 bits per heavy atom. The smallest absolute Gasteiger partial charge is 0.330 e. The summed E-state index contributed by atoms with van der Waals surface area (Å²) in [5.74, 6) is -1.26. The van der Waals surface area contributed by atoms with Crippen molar-refractivity contribution in [2.75, 3.05) is 13.6 Å². The zero-order chi connectivity index (χ0) is 14.4. The molecule has 7 heteroatoms. The SMILES string of the molecule is CN(CC(F)F)C(=O)N[C@@H](C(=O)O)c1ccccc1. The van der Waals surface area contributed by atoms with Crippen molar-refractivity contribution < 1.29 is 23.5 Å². The van der Waals surface area contributed by atoms with E-state index in [2.05, 4.69) is 5.32 Å². The van der Waals surface area contributed by atoms with E-state index in [0.717, 1.165) is 4.90 Å². The average molecular weight is 272 g/mol. The van der Waals surface area contributed by atoms with E-state index in [1.165, 1.54) is 19.2 Å². The van der Waals surface area contributed by atoms with Gasteiger partial charge in [-0.15, -0.1) is 0 Å². The van der Waals surface area contributed by atoms with E-state index in [1.807, 2.05) is 0 Å². The van der Waals surface area contributed by atoms with Gasteiger partial charge in [-0.2, -0.15) is 0 Å². The van der Waals surface area contributed by atoms with Crippen LogP contribution in [0.15, 0.2) is 30.3 Å². The predicted molar refractivity (Wildman–Crippen MR) is 64.0 cm³/mol. The number of aliphatic carboxylic acids is 1. The summed E-state index contributed by atoms with van der Waals surface area (Å²) in [5, 5.41) is 11.2. The fraction of sp³-hybridized carbons (Fsp3) is 0.333. The van der Waals surface area contributed by atoms with Crippen LogP contribution in [-0.4, -0.2) is 42.0 Å². The molecule has 5 nitrogen and oxygen atoms in total. The van der Waals surface area contributed by atoms with Crippen LogP contribution in [0.1, 0.15) is 11.6 Å². The minimum absolute atomic E-state index is 0.369. The number of benzene rings is 1. The molecule has 0 heterocycles. The number of hydrogen-bond donors (Lipinski definition) is 2. The van der Waals surface area contributed by atoms with Gasteiger partial charge in [-0.1, -0.05) is 30.3 Å². The third-order valence-corrected chi connectivity index (χ3v) is 2.41. The minimum Gasteiger partial charge on any atom is -0.479 e. The summed E-state index contributed by atoms with van der Waals surface area (Å²) < 4.78 is 24.3. The lowest BCUT2D eigenvalue weighted by Gasteiger charge is -2.21. The number of carboxylic acid groups (broad SMARTS) is 1. The molecule has 0 saturated heterocycles. The summed E-state index contributed by atoms with van der Waals surface area (Å²) in [7, 11) is 1.17. The van der Waals surface area contributed by atoms with Gasteiger partial charge < -0.3 is 15.3 Å². The Hall–Kier alpha value is -2.18. The van der Waals surface area contributed by atoms with Crippen molar-refractivity contribution in [2.24, 2.45) is 0 Å². The monoisotopic (exact) mass is 272 g/mol. The fourth-order valence-corrected chi connectivity index (χ4v) is 1.46. The van der Waals surface area contributed by atoms with Crippen LogP contribution in [0.25, 0.3) is 0 Å². The van der Waals surface area contributed by atoms with Gasteiger partial charge >= 0.3 is 12.0 Å². The van der Waals surface area contributed by atoms with E-state index >= 15 is 0 Å². The van der Waals surface area contributed by atoms with Gasteiger partial charge in [-0.3, -0.25) is 0 Å². The first kappa shape index (κ1) is 14.9. The molecule has 2 amide bonds. The van der Waals surface area contributed by atoms with Gasteiger partial charge in [-0.05, 0) is 5.56 Å². The minimum atomic E-state index is -2.67. The van der Waals surface area contributed by atoms with E-state index < -0.39 is 31.0 Å². The van der Waals surface area contributed by atoms with E-state index in [0.29, 0.717) is 5.56 Å². The van der Waals surface area contributed by atoms with Crippen molar-refractivity contribution in [2.45, 2.75) is 12.5 Å². The van der Waals surface area contributed by atoms with Crippen LogP contribution >= 0.6 is 0 Å². The van der Waals surface area contributed by atoms with Gasteiger partial charge in [0.2, 0.25) is 0 Å². The lowest BCUT2D eigenvalue weighted by molar-refractivity contribution is -0.139. The third kappa shape index (κ3) is 4.53. The highest BCUT2D eigenvalue weighted by molar-refractivity contribution is 5.83. The summed E-state index contributed by atoms with van der Waals surface area (Å²) in [4.78, 5) is 23.4. The van der Waals surface area contributed by atoms with Crippen LogP contribution in [-0.2, 0) is 4.79 Å². The molecule has 2 N–H and O–H groups in total. The van der Waals surface area contributed by atoms with E-state index in [-0.39, 0.29) is 0 Å². The Morgan fingerprint density at radius 1 is 1.32 bits per heavy atom. The van der Waals surface area contributed by atoms with E-state index in [4.69, 9.17) is 5.11 Å². The number of nitrogens with zero attached hydrogens (tertiary/aromatic N) is 1. The Labute approximate surface area is 108 Å². The second kappa shape index (κ2) is 6.67. The van der Waals surface area contributed by atoms with Crippen LogP contribution in [0.5, 0.6) is 0 Å². The summed E-state index contributed by atoms with van der Waals surface area (Å²) in [6, 6.07) is 5.89. The Kier molecular flexibility index (Phi) is 5.23. The molecule has 0 bridgehead atoms. The van der Waals surface area contributed by atoms with Crippen molar-refractivity contribution in [3.05, 3.63) is 35.9 Å². The van der Waals surface area contributed by atoms with Gasteiger partial charge in [-0.25, -0.2) is 18.4 Å². The molecule has 104 valence electrons. The first-order valence-electron chi connectivity index (χ1n) is 5.49. The molecule has 19 heavy (non-hydrogen) atoms. The number of hydrogen-bond acceptors (Lipinski definition) is 2. The van der Waals surface area contributed by atoms with E-state index in [1.54, 1.807) is 18.2 Å². The highest BCUT2D eigenvalue weighted by Crippen LogP contribution is 2.13. The first-order chi connectivity index (χ1) is 8.91. The second-order valence-corrected chi connectivity index (χ2v) is 3.90. The molecule has 0 aliphatic heterocycles. The lowest BCUT2D eigenvalue weighted by atomic mass is 10.1. The molecule has 0 aromatic heterocycles. The Balaban J connectivity index is 2.75. The molecule has 1 aromatic rings. The van der Waals surface area contributed by atoms with Crippen LogP contribution < -0.4 is 5.32 Å². The summed E-state index contributed by atoms with van der Waals surface area (Å²) in [6.45, 7) is -0.757. The summed E-state index contributed by atoms with van der Waals surface area (Å²) in [6.07, 6.45) is -2.67. The highest BCUT2D eigenvalue weighted by Gasteiger charge is 2.24. The molecule has 1 aromatic carbocycles. The van der Waals surface area contributed by atoms with Gasteiger partial charge in [0.1, 0.15) is 0 Å². The molecule has 0 unspecified atom stereocenters. The van der Waals surface area contributed by atoms with Gasteiger partial charge in [0.15, 0.2) is 6.04 Å². The van der Waals surface area contributed by atoms with Crippen molar-refractivity contribution >= 4 is 12.0 Å². The number of carbonyl (C=O) groups excluding carboxylic acids is 1. The molecular weight excluding hydrogens is 258 g/mol. The fourth-order valence-electron chi connectivity index (χ4n) is 1.46. The zero-order valence-corrected chi connectivity index (χ0v) is 10.2. The molecular formula is C12H14F2N2O3. The van der Waals surface area contributed by atoms with Crippen molar-refractivity contribution in [1.82, 2.24) is 10.2 Å². The average Bonchev–Trinajstić information content (AvgIpc) is 2.35. The number of carboxylic acids is 1. The first-order valence-corrected chi connectivity index (χ1v) is 5.49. The van der Waals surface area contributed by atoms with Crippen molar-refractivity contribution in [3.63, 3.8) is 0 Å². The van der Waals surface area contributed by atoms with E-state index in [9.17, 15) is 18.4 Å². The number of alkyl halides is 2. The van der Waals surface area contributed by atoms with Gasteiger partial charge in [0, 0.05) is 7.05 Å². The Bertz CT molecular complexity index is 440. The standard InChI is InChI=1S/C12H14F2N2O3/c1-16(7-9(13)14)12(19)15-10(11(17)18)8-5-3-2-4-6-8/h2-6,9-10H,7H2,1H3,(H,15,19)(H,17,18)/t10-/m1/s1. The maximum absolute atomic E-state index is 12.1. The van der Waals surface area contributed by atoms with Gasteiger partial charge in [0.05, 0.1) is 6.54 Å². The predicted octanol–water partition coefficient (Wildman–Crippen LogP) is 1.72. The number of carbonyl (C=O) groups is 2. The normalized spacial score (nSPS) is 12.0. The van der Waals surface area contributed by atoms with Crippen LogP contribution in [0, 0.1) is 0 Å². The van der Waals surface area contributed by atoms with Crippen LogP contribution in [0.3, 0.4) is 0 Å². The van der Waals surface area contributed by atoms with Crippen molar-refractivity contribution in [1.29, 1.82) is 0 Å². The molecule has 1 atom stereocenters.